The maximum Gasteiger partial charge on any atom is 0.121 e. The number of rotatable bonds is 7. The van der Waals surface area contributed by atoms with Crippen LogP contribution < -0.4 is 10.1 Å². The van der Waals surface area contributed by atoms with Crippen LogP contribution in [0.1, 0.15) is 24.0 Å². The molecule has 1 aliphatic heterocycles. The molecule has 3 rings (SSSR count). The van der Waals surface area contributed by atoms with Crippen LogP contribution in [0, 0.1) is 0 Å². The van der Waals surface area contributed by atoms with Crippen molar-refractivity contribution in [3.8, 4) is 5.75 Å². The molecule has 0 amide bonds. The molecule has 1 heterocycles. The second-order valence-electron chi connectivity index (χ2n) is 5.80. The fourth-order valence-electron chi connectivity index (χ4n) is 2.63. The van der Waals surface area contributed by atoms with E-state index in [1.807, 2.05) is 48.5 Å². The zero-order valence-corrected chi connectivity index (χ0v) is 13.2. The van der Waals surface area contributed by atoms with Crippen LogP contribution in [0.2, 0.25) is 0 Å². The highest BCUT2D eigenvalue weighted by molar-refractivity contribution is 5.48. The van der Waals surface area contributed by atoms with Crippen LogP contribution in [0.4, 0.5) is 5.69 Å². The van der Waals surface area contributed by atoms with E-state index in [0.29, 0.717) is 6.61 Å². The smallest absolute Gasteiger partial charge is 0.121 e. The average Bonchev–Trinajstić information content (AvgIpc) is 3.12. The summed E-state index contributed by atoms with van der Waals surface area (Å²) in [5, 5.41) is 12.5. The lowest BCUT2D eigenvalue weighted by Gasteiger charge is -2.13. The Hall–Kier alpha value is -2.04. The summed E-state index contributed by atoms with van der Waals surface area (Å²) in [6.07, 6.45) is 2.45. The van der Waals surface area contributed by atoms with E-state index in [1.54, 1.807) is 0 Å². The van der Waals surface area contributed by atoms with Crippen molar-refractivity contribution in [2.24, 2.45) is 0 Å². The molecular weight excluding hydrogens is 290 g/mol. The number of benzene rings is 2. The van der Waals surface area contributed by atoms with Gasteiger partial charge in [0.05, 0.1) is 12.7 Å². The molecule has 2 aromatic rings. The molecule has 122 valence electrons. The third-order valence-electron chi connectivity index (χ3n) is 4.00. The maximum absolute atomic E-state index is 9.06. The first-order valence-electron chi connectivity index (χ1n) is 8.10. The van der Waals surface area contributed by atoms with Gasteiger partial charge in [0, 0.05) is 24.9 Å². The Morgan fingerprint density at radius 2 is 1.96 bits per heavy atom. The predicted octanol–water partition coefficient (Wildman–Crippen LogP) is 3.35. The van der Waals surface area contributed by atoms with Gasteiger partial charge in [0.25, 0.3) is 0 Å². The highest BCUT2D eigenvalue weighted by atomic mass is 16.5. The van der Waals surface area contributed by atoms with Crippen molar-refractivity contribution < 1.29 is 14.6 Å². The van der Waals surface area contributed by atoms with E-state index >= 15 is 0 Å². The highest BCUT2D eigenvalue weighted by Gasteiger charge is 2.15. The van der Waals surface area contributed by atoms with Crippen molar-refractivity contribution in [3.63, 3.8) is 0 Å². The van der Waals surface area contributed by atoms with Gasteiger partial charge in [-0.15, -0.1) is 0 Å². The molecule has 0 saturated carbocycles. The van der Waals surface area contributed by atoms with Crippen molar-refractivity contribution in [3.05, 3.63) is 59.7 Å². The number of hydrogen-bond acceptors (Lipinski definition) is 4. The van der Waals surface area contributed by atoms with Crippen LogP contribution in [0.15, 0.2) is 48.5 Å². The lowest BCUT2D eigenvalue weighted by Crippen LogP contribution is -2.16. The number of aliphatic hydroxyl groups is 1. The van der Waals surface area contributed by atoms with Crippen LogP contribution in [-0.4, -0.2) is 24.4 Å². The van der Waals surface area contributed by atoms with Gasteiger partial charge in [0.2, 0.25) is 0 Å². The van der Waals surface area contributed by atoms with Gasteiger partial charge in [-0.25, -0.2) is 0 Å². The van der Waals surface area contributed by atoms with E-state index < -0.39 is 0 Å². The fourth-order valence-corrected chi connectivity index (χ4v) is 2.63. The number of ether oxygens (including phenoxy) is 2. The van der Waals surface area contributed by atoms with Crippen molar-refractivity contribution in [1.29, 1.82) is 0 Å². The van der Waals surface area contributed by atoms with E-state index in [9.17, 15) is 0 Å². The second-order valence-corrected chi connectivity index (χ2v) is 5.80. The third-order valence-corrected chi connectivity index (χ3v) is 4.00. The van der Waals surface area contributed by atoms with Crippen LogP contribution in [0.5, 0.6) is 5.75 Å². The van der Waals surface area contributed by atoms with E-state index in [4.69, 9.17) is 14.6 Å². The Kier molecular flexibility index (Phi) is 5.51. The molecule has 1 aliphatic rings. The second kappa shape index (κ2) is 7.99. The molecule has 2 aromatic carbocycles. The summed E-state index contributed by atoms with van der Waals surface area (Å²) in [4.78, 5) is 0. The molecule has 0 aliphatic carbocycles. The number of anilines is 1. The van der Waals surface area contributed by atoms with Crippen molar-refractivity contribution in [2.75, 3.05) is 18.5 Å². The predicted molar refractivity (Wildman–Crippen MR) is 90.6 cm³/mol. The molecule has 1 fully saturated rings. The van der Waals surface area contributed by atoms with Gasteiger partial charge >= 0.3 is 0 Å². The summed E-state index contributed by atoms with van der Waals surface area (Å²) in [7, 11) is 0. The van der Waals surface area contributed by atoms with Gasteiger partial charge in [-0.2, -0.15) is 0 Å². The summed E-state index contributed by atoms with van der Waals surface area (Å²) in [6.45, 7) is 2.29. The normalized spacial score (nSPS) is 17.2. The average molecular weight is 313 g/mol. The molecule has 1 unspecified atom stereocenters. The van der Waals surface area contributed by atoms with Crippen molar-refractivity contribution in [2.45, 2.75) is 32.1 Å². The van der Waals surface area contributed by atoms with Gasteiger partial charge < -0.3 is 19.9 Å². The Morgan fingerprint density at radius 1 is 1.13 bits per heavy atom. The van der Waals surface area contributed by atoms with Crippen LogP contribution in [0.25, 0.3) is 0 Å². The van der Waals surface area contributed by atoms with Gasteiger partial charge in [0.1, 0.15) is 12.4 Å². The Balaban J connectivity index is 1.51. The number of aliphatic hydroxyl groups excluding tert-OH is 1. The van der Waals surface area contributed by atoms with Crippen LogP contribution in [-0.2, 0) is 17.9 Å². The minimum absolute atomic E-state index is 0.0812. The first kappa shape index (κ1) is 15.8. The third kappa shape index (κ3) is 4.71. The van der Waals surface area contributed by atoms with E-state index in [0.717, 1.165) is 43.0 Å². The molecular formula is C19H23NO3. The lowest BCUT2D eigenvalue weighted by molar-refractivity contribution is 0.0680. The number of hydrogen-bond donors (Lipinski definition) is 2. The highest BCUT2D eigenvalue weighted by Crippen LogP contribution is 2.20. The fraction of sp³-hybridized carbons (Fsp3) is 0.368. The van der Waals surface area contributed by atoms with E-state index in [1.165, 1.54) is 5.56 Å². The minimum Gasteiger partial charge on any atom is -0.491 e. The molecule has 4 nitrogen and oxygen atoms in total. The summed E-state index contributed by atoms with van der Waals surface area (Å²) in [6, 6.07) is 15.9. The Bertz CT molecular complexity index is 606. The topological polar surface area (TPSA) is 50.7 Å². The molecule has 1 atom stereocenters. The van der Waals surface area contributed by atoms with Crippen molar-refractivity contribution in [1.82, 2.24) is 0 Å². The lowest BCUT2D eigenvalue weighted by atomic mass is 10.1. The zero-order chi connectivity index (χ0) is 15.9. The largest absolute Gasteiger partial charge is 0.491 e. The Morgan fingerprint density at radius 3 is 2.70 bits per heavy atom. The molecule has 2 N–H and O–H groups in total. The molecule has 0 radical (unpaired) electrons. The number of nitrogens with one attached hydrogen (secondary N) is 1. The summed E-state index contributed by atoms with van der Waals surface area (Å²) >= 11 is 0. The zero-order valence-electron chi connectivity index (χ0n) is 13.2. The molecule has 23 heavy (non-hydrogen) atoms. The first-order valence-corrected chi connectivity index (χ1v) is 8.10. The SMILES string of the molecule is OCc1ccc(CNc2cccc(OCC3CCCO3)c2)cc1. The monoisotopic (exact) mass is 313 g/mol. The Labute approximate surface area is 137 Å². The van der Waals surface area contributed by atoms with Gasteiger partial charge in [-0.1, -0.05) is 30.3 Å². The summed E-state index contributed by atoms with van der Waals surface area (Å²) in [5.74, 6) is 0.862. The van der Waals surface area contributed by atoms with Gasteiger partial charge in [-0.05, 0) is 36.1 Å². The van der Waals surface area contributed by atoms with Crippen molar-refractivity contribution >= 4 is 5.69 Å². The van der Waals surface area contributed by atoms with Crippen LogP contribution in [0.3, 0.4) is 0 Å². The van der Waals surface area contributed by atoms with Crippen LogP contribution >= 0.6 is 0 Å². The quantitative estimate of drug-likeness (QED) is 0.823. The van der Waals surface area contributed by atoms with Gasteiger partial charge in [-0.3, -0.25) is 0 Å². The summed E-state index contributed by atoms with van der Waals surface area (Å²) in [5.41, 5.74) is 3.13. The minimum atomic E-state index is 0.0812. The molecule has 4 heteroatoms. The van der Waals surface area contributed by atoms with E-state index in [-0.39, 0.29) is 12.7 Å². The molecule has 0 aromatic heterocycles. The standard InChI is InChI=1S/C19H23NO3/c21-13-16-8-6-15(7-9-16)12-20-17-3-1-4-18(11-17)23-14-19-5-2-10-22-19/h1,3-4,6-9,11,19-21H,2,5,10,12-14H2. The van der Waals surface area contributed by atoms with E-state index in [2.05, 4.69) is 5.32 Å². The first-order chi connectivity index (χ1) is 11.3. The molecule has 0 spiro atoms. The van der Waals surface area contributed by atoms with Gasteiger partial charge in [0.15, 0.2) is 0 Å². The molecule has 1 saturated heterocycles. The molecule has 0 bridgehead atoms. The maximum atomic E-state index is 9.06. The summed E-state index contributed by atoms with van der Waals surface area (Å²) < 4.78 is 11.4.